The van der Waals surface area contributed by atoms with Crippen molar-refractivity contribution in [1.29, 1.82) is 0 Å². The van der Waals surface area contributed by atoms with E-state index in [1.165, 1.54) is 19.5 Å². The number of H-pyrrole nitrogens is 1. The van der Waals surface area contributed by atoms with Crippen LogP contribution in [0, 0.1) is 25.7 Å². The van der Waals surface area contributed by atoms with Crippen LogP contribution in [0.2, 0.25) is 0 Å². The van der Waals surface area contributed by atoms with Crippen molar-refractivity contribution in [3.63, 3.8) is 0 Å². The smallest absolute Gasteiger partial charge is 0.226 e. The first kappa shape index (κ1) is 17.0. The van der Waals surface area contributed by atoms with Gasteiger partial charge >= 0.3 is 0 Å². The Morgan fingerprint density at radius 2 is 2.18 bits per heavy atom. The maximum atomic E-state index is 12.4. The van der Waals surface area contributed by atoms with Crippen molar-refractivity contribution < 1.29 is 4.79 Å². The molecule has 1 aromatic heterocycles. The van der Waals surface area contributed by atoms with Crippen LogP contribution in [0.5, 0.6) is 0 Å². The second-order valence-corrected chi connectivity index (χ2v) is 7.17. The van der Waals surface area contributed by atoms with Crippen molar-refractivity contribution in [2.45, 2.75) is 40.5 Å². The molecule has 2 heterocycles. The third-order valence-electron chi connectivity index (χ3n) is 4.56. The number of likely N-dealkylation sites (N-methyl/N-ethyl adjacent to an activating group) is 1. The van der Waals surface area contributed by atoms with E-state index in [0.717, 1.165) is 30.0 Å². The molecule has 0 radical (unpaired) electrons. The summed E-state index contributed by atoms with van der Waals surface area (Å²) < 4.78 is 0. The first-order valence-corrected chi connectivity index (χ1v) is 8.33. The summed E-state index contributed by atoms with van der Waals surface area (Å²) in [7, 11) is 1.93. The van der Waals surface area contributed by atoms with Crippen LogP contribution in [-0.2, 0) is 11.2 Å². The zero-order valence-electron chi connectivity index (χ0n) is 14.6. The molecule has 0 unspecified atom stereocenters. The van der Waals surface area contributed by atoms with Crippen molar-refractivity contribution in [3.05, 3.63) is 17.0 Å². The molecular weight excluding hydrogens is 276 g/mol. The SMILES string of the molecule is Cc1n[nH]c(C)c1CC(=O)N(C)C[C@@H]1CCN(CC(C)C)C1. The Labute approximate surface area is 134 Å². The lowest BCUT2D eigenvalue weighted by Gasteiger charge is -2.22. The Hall–Kier alpha value is -1.36. The second-order valence-electron chi connectivity index (χ2n) is 7.17. The Morgan fingerprint density at radius 1 is 1.45 bits per heavy atom. The molecule has 1 aliphatic heterocycles. The summed E-state index contributed by atoms with van der Waals surface area (Å²) in [6, 6.07) is 0. The Kier molecular flexibility index (Phi) is 5.62. The molecule has 0 aromatic carbocycles. The van der Waals surface area contributed by atoms with Crippen molar-refractivity contribution in [1.82, 2.24) is 20.0 Å². The van der Waals surface area contributed by atoms with E-state index in [1.54, 1.807) is 0 Å². The minimum absolute atomic E-state index is 0.190. The first-order chi connectivity index (χ1) is 10.4. The largest absolute Gasteiger partial charge is 0.345 e. The number of carbonyl (C=O) groups is 1. The number of rotatable bonds is 6. The fraction of sp³-hybridized carbons (Fsp3) is 0.765. The lowest BCUT2D eigenvalue weighted by Crippen LogP contribution is -2.34. The minimum atomic E-state index is 0.190. The van der Waals surface area contributed by atoms with Crippen molar-refractivity contribution in [2.75, 3.05) is 33.2 Å². The van der Waals surface area contributed by atoms with Crippen LogP contribution >= 0.6 is 0 Å². The summed E-state index contributed by atoms with van der Waals surface area (Å²) in [5.74, 6) is 1.51. The van der Waals surface area contributed by atoms with E-state index in [-0.39, 0.29) is 5.91 Å². The lowest BCUT2D eigenvalue weighted by atomic mass is 10.1. The van der Waals surface area contributed by atoms with Gasteiger partial charge in [-0.1, -0.05) is 13.8 Å². The Balaban J connectivity index is 1.82. The molecular formula is C17H30N4O. The van der Waals surface area contributed by atoms with E-state index in [0.29, 0.717) is 18.3 Å². The van der Waals surface area contributed by atoms with Gasteiger partial charge in [0.2, 0.25) is 5.91 Å². The van der Waals surface area contributed by atoms with E-state index < -0.39 is 0 Å². The normalized spacial score (nSPS) is 19.1. The van der Waals surface area contributed by atoms with Gasteiger partial charge in [0.15, 0.2) is 0 Å². The second kappa shape index (κ2) is 7.27. The number of amides is 1. The number of hydrogen-bond donors (Lipinski definition) is 1. The molecule has 1 aromatic rings. The Bertz CT molecular complexity index is 489. The van der Waals surface area contributed by atoms with Crippen LogP contribution in [0.3, 0.4) is 0 Å². The molecule has 5 heteroatoms. The van der Waals surface area contributed by atoms with Gasteiger partial charge in [-0.05, 0) is 38.6 Å². The summed E-state index contributed by atoms with van der Waals surface area (Å²) in [4.78, 5) is 16.9. The maximum Gasteiger partial charge on any atom is 0.226 e. The third kappa shape index (κ3) is 4.32. The van der Waals surface area contributed by atoms with E-state index >= 15 is 0 Å². The highest BCUT2D eigenvalue weighted by molar-refractivity contribution is 5.79. The molecule has 1 saturated heterocycles. The number of aromatic nitrogens is 2. The van der Waals surface area contributed by atoms with Crippen LogP contribution in [0.15, 0.2) is 0 Å². The van der Waals surface area contributed by atoms with Crippen LogP contribution in [0.25, 0.3) is 0 Å². The highest BCUT2D eigenvalue weighted by Gasteiger charge is 2.25. The monoisotopic (exact) mass is 306 g/mol. The van der Waals surface area contributed by atoms with Crippen LogP contribution < -0.4 is 0 Å². The number of likely N-dealkylation sites (tertiary alicyclic amines) is 1. The van der Waals surface area contributed by atoms with Crippen molar-refractivity contribution in [2.24, 2.45) is 11.8 Å². The van der Waals surface area contributed by atoms with Gasteiger partial charge in [0.1, 0.15) is 0 Å². The van der Waals surface area contributed by atoms with E-state index in [9.17, 15) is 4.79 Å². The number of nitrogens with one attached hydrogen (secondary N) is 1. The van der Waals surface area contributed by atoms with Crippen LogP contribution in [0.4, 0.5) is 0 Å². The Morgan fingerprint density at radius 3 is 2.77 bits per heavy atom. The molecule has 0 spiro atoms. The average Bonchev–Trinajstić information content (AvgIpc) is 2.99. The highest BCUT2D eigenvalue weighted by Crippen LogP contribution is 2.19. The van der Waals surface area contributed by atoms with Gasteiger partial charge in [0.05, 0.1) is 12.1 Å². The number of hydrogen-bond acceptors (Lipinski definition) is 3. The van der Waals surface area contributed by atoms with E-state index in [1.807, 2.05) is 25.8 Å². The van der Waals surface area contributed by atoms with Gasteiger partial charge in [0.25, 0.3) is 0 Å². The summed E-state index contributed by atoms with van der Waals surface area (Å²) in [5, 5.41) is 7.12. The fourth-order valence-corrected chi connectivity index (χ4v) is 3.35. The molecule has 2 rings (SSSR count). The van der Waals surface area contributed by atoms with Gasteiger partial charge in [-0.3, -0.25) is 9.89 Å². The number of aromatic amines is 1. The van der Waals surface area contributed by atoms with Gasteiger partial charge in [0, 0.05) is 37.9 Å². The molecule has 0 saturated carbocycles. The standard InChI is InChI=1S/C17H30N4O/c1-12(2)9-21-7-6-15(11-21)10-20(5)17(22)8-16-13(3)18-19-14(16)4/h12,15H,6-11H2,1-5H3,(H,18,19)/t15-/m0/s1. The molecule has 1 atom stereocenters. The third-order valence-corrected chi connectivity index (χ3v) is 4.56. The predicted octanol–water partition coefficient (Wildman–Crippen LogP) is 2.01. The van der Waals surface area contributed by atoms with E-state index in [4.69, 9.17) is 0 Å². The predicted molar refractivity (Wildman–Crippen MR) is 88.8 cm³/mol. The minimum Gasteiger partial charge on any atom is -0.345 e. The summed E-state index contributed by atoms with van der Waals surface area (Å²) >= 11 is 0. The number of carbonyl (C=O) groups excluding carboxylic acids is 1. The zero-order chi connectivity index (χ0) is 16.3. The fourth-order valence-electron chi connectivity index (χ4n) is 3.35. The molecule has 22 heavy (non-hydrogen) atoms. The molecule has 1 N–H and O–H groups in total. The first-order valence-electron chi connectivity index (χ1n) is 8.33. The molecule has 1 amide bonds. The molecule has 0 bridgehead atoms. The van der Waals surface area contributed by atoms with Gasteiger partial charge in [-0.25, -0.2) is 0 Å². The van der Waals surface area contributed by atoms with Gasteiger partial charge in [-0.15, -0.1) is 0 Å². The number of nitrogens with zero attached hydrogens (tertiary/aromatic N) is 3. The molecule has 5 nitrogen and oxygen atoms in total. The van der Waals surface area contributed by atoms with Crippen LogP contribution in [-0.4, -0.2) is 59.1 Å². The van der Waals surface area contributed by atoms with Crippen molar-refractivity contribution >= 4 is 5.91 Å². The quantitative estimate of drug-likeness (QED) is 0.874. The topological polar surface area (TPSA) is 52.2 Å². The summed E-state index contributed by atoms with van der Waals surface area (Å²) in [5.41, 5.74) is 2.98. The summed E-state index contributed by atoms with van der Waals surface area (Å²) in [6.07, 6.45) is 1.65. The highest BCUT2D eigenvalue weighted by atomic mass is 16.2. The molecule has 0 aliphatic carbocycles. The summed E-state index contributed by atoms with van der Waals surface area (Å²) in [6.45, 7) is 12.8. The molecule has 124 valence electrons. The maximum absolute atomic E-state index is 12.4. The van der Waals surface area contributed by atoms with Gasteiger partial charge in [-0.2, -0.15) is 5.10 Å². The average molecular weight is 306 g/mol. The number of aryl methyl sites for hydroxylation is 2. The molecule has 1 aliphatic rings. The van der Waals surface area contributed by atoms with Crippen LogP contribution in [0.1, 0.15) is 37.2 Å². The lowest BCUT2D eigenvalue weighted by molar-refractivity contribution is -0.129. The van der Waals surface area contributed by atoms with Gasteiger partial charge < -0.3 is 9.80 Å². The van der Waals surface area contributed by atoms with E-state index in [2.05, 4.69) is 28.9 Å². The zero-order valence-corrected chi connectivity index (χ0v) is 14.6. The van der Waals surface area contributed by atoms with Crippen molar-refractivity contribution in [3.8, 4) is 0 Å². The molecule has 1 fully saturated rings.